The lowest BCUT2D eigenvalue weighted by Crippen LogP contribution is -2.39. The molecule has 1 saturated carbocycles. The van der Waals surface area contributed by atoms with Gasteiger partial charge in [0.1, 0.15) is 10.8 Å². The Hall–Kier alpha value is -2.00. The smallest absolute Gasteiger partial charge is 0.232 e. The fourth-order valence-electron chi connectivity index (χ4n) is 4.29. The van der Waals surface area contributed by atoms with Crippen LogP contribution in [0, 0.1) is 0 Å². The molecule has 1 saturated heterocycles. The third-order valence-electron chi connectivity index (χ3n) is 5.94. The molecule has 9 heteroatoms. The maximum Gasteiger partial charge on any atom is 0.232 e. The highest BCUT2D eigenvalue weighted by molar-refractivity contribution is 7.99. The van der Waals surface area contributed by atoms with Crippen molar-refractivity contribution in [1.29, 1.82) is 0 Å². The number of aromatic nitrogens is 4. The first-order chi connectivity index (χ1) is 15.2. The van der Waals surface area contributed by atoms with Crippen molar-refractivity contribution >= 4 is 40.9 Å². The quantitative estimate of drug-likeness (QED) is 0.285. The minimum atomic E-state index is 0.430. The molecular weight excluding hydrogens is 426 g/mol. The minimum absolute atomic E-state index is 0.430. The van der Waals surface area contributed by atoms with Gasteiger partial charge in [0.05, 0.1) is 0 Å². The Morgan fingerprint density at radius 3 is 2.52 bits per heavy atom. The van der Waals surface area contributed by atoms with Gasteiger partial charge in [0.2, 0.25) is 5.95 Å². The molecule has 1 atom stereocenters. The Morgan fingerprint density at radius 2 is 1.77 bits per heavy atom. The molecule has 0 unspecified atom stereocenters. The van der Waals surface area contributed by atoms with E-state index in [2.05, 4.69) is 32.4 Å². The molecule has 4 rings (SSSR count). The number of thiocarbonyl (C=S) groups is 1. The first kappa shape index (κ1) is 22.2. The van der Waals surface area contributed by atoms with E-state index in [1.165, 1.54) is 69.5 Å². The summed E-state index contributed by atoms with van der Waals surface area (Å²) in [4.78, 5) is 20.6. The van der Waals surface area contributed by atoms with Gasteiger partial charge in [0.25, 0.3) is 0 Å². The van der Waals surface area contributed by atoms with Crippen LogP contribution >= 0.6 is 24.0 Å². The van der Waals surface area contributed by atoms with Crippen molar-refractivity contribution in [3.8, 4) is 0 Å². The van der Waals surface area contributed by atoms with Crippen LogP contribution in [-0.2, 0) is 0 Å². The van der Waals surface area contributed by atoms with E-state index in [1.54, 1.807) is 12.4 Å². The Bertz CT molecular complexity index is 856. The first-order valence-corrected chi connectivity index (χ1v) is 12.6. The molecule has 0 amide bonds. The molecule has 0 bridgehead atoms. The van der Waals surface area contributed by atoms with Crippen LogP contribution in [-0.4, -0.2) is 43.7 Å². The lowest BCUT2D eigenvalue weighted by molar-refractivity contribution is 0.480. The number of anilines is 2. The SMILES string of the molecule is C[C@H]1CCCCN1c1cc(Sc2ncccn2)nc(NC(=S)NC2CCCCCC2)n1. The number of piperidine rings is 1. The second kappa shape index (κ2) is 11.0. The molecule has 2 N–H and O–H groups in total. The molecule has 1 aliphatic heterocycles. The van der Waals surface area contributed by atoms with Gasteiger partial charge in [-0.3, -0.25) is 0 Å². The second-order valence-electron chi connectivity index (χ2n) is 8.35. The molecular formula is C22H31N7S2. The standard InChI is InChI=1S/C22H31N7S2/c1-16-9-6-7-14-29(16)18-15-19(31-22-23-12-8-13-24-22)27-20(26-18)28-21(30)25-17-10-4-2-3-5-11-17/h8,12-13,15-17H,2-7,9-11,14H2,1H3,(H2,25,26,27,28,30)/t16-/m0/s1. The summed E-state index contributed by atoms with van der Waals surface area (Å²) in [5.74, 6) is 1.46. The van der Waals surface area contributed by atoms with Gasteiger partial charge in [-0.05, 0) is 69.1 Å². The van der Waals surface area contributed by atoms with Crippen molar-refractivity contribution < 1.29 is 0 Å². The highest BCUT2D eigenvalue weighted by Gasteiger charge is 2.22. The molecule has 2 aromatic heterocycles. The van der Waals surface area contributed by atoms with Crippen LogP contribution in [0.15, 0.2) is 34.7 Å². The molecule has 0 aromatic carbocycles. The second-order valence-corrected chi connectivity index (χ2v) is 9.74. The summed E-state index contributed by atoms with van der Waals surface area (Å²) in [5.41, 5.74) is 0. The molecule has 2 fully saturated rings. The van der Waals surface area contributed by atoms with Crippen molar-refractivity contribution in [3.05, 3.63) is 24.5 Å². The molecule has 31 heavy (non-hydrogen) atoms. The number of hydrogen-bond acceptors (Lipinski definition) is 7. The third-order valence-corrected chi connectivity index (χ3v) is 6.97. The van der Waals surface area contributed by atoms with E-state index in [0.717, 1.165) is 17.4 Å². The van der Waals surface area contributed by atoms with Crippen molar-refractivity contribution in [2.24, 2.45) is 0 Å². The summed E-state index contributed by atoms with van der Waals surface area (Å²) in [5, 5.41) is 8.81. The average Bonchev–Trinajstić information content (AvgIpc) is 3.03. The molecule has 3 heterocycles. The first-order valence-electron chi connectivity index (χ1n) is 11.4. The lowest BCUT2D eigenvalue weighted by atomic mass is 10.0. The normalized spacial score (nSPS) is 20.2. The molecule has 0 spiro atoms. The molecule has 2 aromatic rings. The summed E-state index contributed by atoms with van der Waals surface area (Å²) in [7, 11) is 0. The van der Waals surface area contributed by atoms with Crippen LogP contribution in [0.3, 0.4) is 0 Å². The summed E-state index contributed by atoms with van der Waals surface area (Å²) < 4.78 is 0. The fraction of sp³-hybridized carbons (Fsp3) is 0.591. The van der Waals surface area contributed by atoms with Crippen molar-refractivity contribution in [2.75, 3.05) is 16.8 Å². The van der Waals surface area contributed by atoms with Crippen LogP contribution in [0.1, 0.15) is 64.7 Å². The highest BCUT2D eigenvalue weighted by Crippen LogP contribution is 2.30. The van der Waals surface area contributed by atoms with Crippen molar-refractivity contribution in [1.82, 2.24) is 25.3 Å². The van der Waals surface area contributed by atoms with Gasteiger partial charge in [0.15, 0.2) is 10.3 Å². The van der Waals surface area contributed by atoms with Crippen molar-refractivity contribution in [3.63, 3.8) is 0 Å². The van der Waals surface area contributed by atoms with Crippen LogP contribution in [0.4, 0.5) is 11.8 Å². The maximum atomic E-state index is 5.61. The van der Waals surface area contributed by atoms with E-state index in [1.807, 2.05) is 12.1 Å². The Labute approximate surface area is 194 Å². The molecule has 1 aliphatic carbocycles. The van der Waals surface area contributed by atoms with Crippen molar-refractivity contribution in [2.45, 2.75) is 87.0 Å². The van der Waals surface area contributed by atoms with Crippen LogP contribution in [0.25, 0.3) is 0 Å². The zero-order valence-corrected chi connectivity index (χ0v) is 19.7. The predicted molar refractivity (Wildman–Crippen MR) is 130 cm³/mol. The predicted octanol–water partition coefficient (Wildman–Crippen LogP) is 4.81. The maximum absolute atomic E-state index is 5.61. The Kier molecular flexibility index (Phi) is 7.91. The van der Waals surface area contributed by atoms with Crippen LogP contribution in [0.2, 0.25) is 0 Å². The summed E-state index contributed by atoms with van der Waals surface area (Å²) >= 11 is 7.05. The third kappa shape index (κ3) is 6.49. The number of nitrogens with one attached hydrogen (secondary N) is 2. The minimum Gasteiger partial charge on any atom is -0.360 e. The summed E-state index contributed by atoms with van der Waals surface area (Å²) in [6.45, 7) is 3.27. The van der Waals surface area contributed by atoms with Crippen LogP contribution < -0.4 is 15.5 Å². The van der Waals surface area contributed by atoms with Gasteiger partial charge < -0.3 is 15.5 Å². The van der Waals surface area contributed by atoms with E-state index in [-0.39, 0.29) is 0 Å². The van der Waals surface area contributed by atoms with E-state index >= 15 is 0 Å². The fourth-order valence-corrected chi connectivity index (χ4v) is 5.25. The van der Waals surface area contributed by atoms with Gasteiger partial charge in [-0.2, -0.15) is 4.98 Å². The number of rotatable bonds is 5. The van der Waals surface area contributed by atoms with Gasteiger partial charge >= 0.3 is 0 Å². The van der Waals surface area contributed by atoms with Gasteiger partial charge in [-0.15, -0.1) is 0 Å². The van der Waals surface area contributed by atoms with Gasteiger partial charge in [-0.1, -0.05) is 25.7 Å². The molecule has 0 radical (unpaired) electrons. The largest absolute Gasteiger partial charge is 0.360 e. The van der Waals surface area contributed by atoms with Crippen LogP contribution in [0.5, 0.6) is 0 Å². The summed E-state index contributed by atoms with van der Waals surface area (Å²) in [6, 6.07) is 4.74. The van der Waals surface area contributed by atoms with E-state index in [0.29, 0.717) is 28.3 Å². The Morgan fingerprint density at radius 1 is 1.03 bits per heavy atom. The number of nitrogens with zero attached hydrogens (tertiary/aromatic N) is 5. The van der Waals surface area contributed by atoms with E-state index < -0.39 is 0 Å². The zero-order chi connectivity index (χ0) is 21.5. The van der Waals surface area contributed by atoms with E-state index in [4.69, 9.17) is 22.2 Å². The monoisotopic (exact) mass is 457 g/mol. The van der Waals surface area contributed by atoms with E-state index in [9.17, 15) is 0 Å². The highest BCUT2D eigenvalue weighted by atomic mass is 32.2. The summed E-state index contributed by atoms with van der Waals surface area (Å²) in [6.07, 6.45) is 14.6. The van der Waals surface area contributed by atoms with Gasteiger partial charge in [-0.25, -0.2) is 15.0 Å². The lowest BCUT2D eigenvalue weighted by Gasteiger charge is -2.34. The Balaban J connectivity index is 1.52. The molecule has 166 valence electrons. The van der Waals surface area contributed by atoms with Gasteiger partial charge in [0, 0.05) is 37.1 Å². The molecule has 7 nitrogen and oxygen atoms in total. The average molecular weight is 458 g/mol. The zero-order valence-electron chi connectivity index (χ0n) is 18.1. The topological polar surface area (TPSA) is 78.9 Å². The number of hydrogen-bond donors (Lipinski definition) is 2. The molecule has 2 aliphatic rings.